The van der Waals surface area contributed by atoms with Crippen LogP contribution >= 0.6 is 11.6 Å². The van der Waals surface area contributed by atoms with Crippen molar-refractivity contribution in [1.29, 1.82) is 0 Å². The number of ether oxygens (including phenoxy) is 1. The lowest BCUT2D eigenvalue weighted by Crippen LogP contribution is -2.23. The van der Waals surface area contributed by atoms with Crippen molar-refractivity contribution in [2.24, 2.45) is 5.92 Å². The van der Waals surface area contributed by atoms with Gasteiger partial charge in [-0.25, -0.2) is 4.98 Å². The predicted molar refractivity (Wildman–Crippen MR) is 77.8 cm³/mol. The number of hydrogen-bond donors (Lipinski definition) is 2. The predicted octanol–water partition coefficient (Wildman–Crippen LogP) is 2.79. The van der Waals surface area contributed by atoms with Gasteiger partial charge in [-0.15, -0.1) is 0 Å². The Kier molecular flexibility index (Phi) is 5.22. The van der Waals surface area contributed by atoms with Gasteiger partial charge < -0.3 is 15.4 Å². The maximum Gasteiger partial charge on any atom is 0.224 e. The first-order chi connectivity index (χ1) is 9.24. The van der Waals surface area contributed by atoms with E-state index in [9.17, 15) is 0 Å². The fourth-order valence-electron chi connectivity index (χ4n) is 2.34. The second-order valence-electron chi connectivity index (χ2n) is 4.67. The summed E-state index contributed by atoms with van der Waals surface area (Å²) in [5, 5.41) is 6.94. The lowest BCUT2D eigenvalue weighted by Gasteiger charge is -2.18. The molecule has 2 N–H and O–H groups in total. The number of hydrogen-bond acceptors (Lipinski definition) is 5. The Morgan fingerprint density at radius 2 is 2.26 bits per heavy atom. The molecule has 0 saturated carbocycles. The van der Waals surface area contributed by atoms with Gasteiger partial charge >= 0.3 is 0 Å². The SMILES string of the molecule is CCNc1ncc(Cl)c(NCC2CCOC2CC)n1. The number of nitrogens with zero attached hydrogens (tertiary/aromatic N) is 2. The second-order valence-corrected chi connectivity index (χ2v) is 5.07. The lowest BCUT2D eigenvalue weighted by atomic mass is 10.00. The van der Waals surface area contributed by atoms with Crippen LogP contribution in [0.1, 0.15) is 26.7 Å². The molecule has 1 aliphatic rings. The standard InChI is InChI=1S/C13H21ClN4O/c1-3-11-9(5-6-19-11)7-16-12-10(14)8-17-13(18-12)15-4-2/h8-9,11H,3-7H2,1-2H3,(H2,15,16,17,18). The molecule has 2 heterocycles. The molecule has 0 amide bonds. The highest BCUT2D eigenvalue weighted by atomic mass is 35.5. The average Bonchev–Trinajstić information content (AvgIpc) is 2.87. The van der Waals surface area contributed by atoms with Gasteiger partial charge in [0.05, 0.1) is 12.3 Å². The first-order valence-electron chi connectivity index (χ1n) is 6.86. The summed E-state index contributed by atoms with van der Waals surface area (Å²) in [5.74, 6) is 1.82. The van der Waals surface area contributed by atoms with E-state index < -0.39 is 0 Å². The Balaban J connectivity index is 1.96. The fraction of sp³-hybridized carbons (Fsp3) is 0.692. The van der Waals surface area contributed by atoms with E-state index in [1.807, 2.05) is 6.92 Å². The molecule has 1 aliphatic heterocycles. The minimum absolute atomic E-state index is 0.348. The molecule has 6 heteroatoms. The van der Waals surface area contributed by atoms with Gasteiger partial charge in [-0.1, -0.05) is 18.5 Å². The van der Waals surface area contributed by atoms with E-state index in [0.717, 1.165) is 32.5 Å². The summed E-state index contributed by atoms with van der Waals surface area (Å²) in [5.41, 5.74) is 0. The molecule has 2 unspecified atom stereocenters. The van der Waals surface area contributed by atoms with Crippen molar-refractivity contribution in [3.8, 4) is 0 Å². The third-order valence-corrected chi connectivity index (χ3v) is 3.64. The topological polar surface area (TPSA) is 59.1 Å². The number of rotatable bonds is 6. The molecular weight excluding hydrogens is 264 g/mol. The minimum atomic E-state index is 0.348. The summed E-state index contributed by atoms with van der Waals surface area (Å²) in [4.78, 5) is 8.49. The highest BCUT2D eigenvalue weighted by molar-refractivity contribution is 6.32. The molecule has 0 radical (unpaired) electrons. The zero-order valence-corrected chi connectivity index (χ0v) is 12.2. The smallest absolute Gasteiger partial charge is 0.224 e. The second kappa shape index (κ2) is 6.91. The molecule has 1 fully saturated rings. The molecule has 2 atom stereocenters. The van der Waals surface area contributed by atoms with Crippen LogP contribution in [0.15, 0.2) is 6.20 Å². The molecule has 1 saturated heterocycles. The minimum Gasteiger partial charge on any atom is -0.378 e. The van der Waals surface area contributed by atoms with Crippen LogP contribution in [-0.4, -0.2) is 35.8 Å². The van der Waals surface area contributed by atoms with Crippen molar-refractivity contribution in [3.63, 3.8) is 0 Å². The van der Waals surface area contributed by atoms with Crippen LogP contribution in [0.4, 0.5) is 11.8 Å². The first kappa shape index (κ1) is 14.3. The zero-order chi connectivity index (χ0) is 13.7. The highest BCUT2D eigenvalue weighted by Gasteiger charge is 2.26. The number of nitrogens with one attached hydrogen (secondary N) is 2. The summed E-state index contributed by atoms with van der Waals surface area (Å²) in [6, 6.07) is 0. The van der Waals surface area contributed by atoms with Gasteiger partial charge in [0, 0.05) is 25.6 Å². The lowest BCUT2D eigenvalue weighted by molar-refractivity contribution is 0.0900. The molecule has 19 heavy (non-hydrogen) atoms. The van der Waals surface area contributed by atoms with Crippen molar-refractivity contribution < 1.29 is 4.74 Å². The van der Waals surface area contributed by atoms with Crippen LogP contribution in [0.2, 0.25) is 5.02 Å². The van der Waals surface area contributed by atoms with Gasteiger partial charge in [0.25, 0.3) is 0 Å². The molecule has 0 spiro atoms. The Morgan fingerprint density at radius 1 is 1.42 bits per heavy atom. The first-order valence-corrected chi connectivity index (χ1v) is 7.24. The van der Waals surface area contributed by atoms with E-state index in [1.165, 1.54) is 0 Å². The molecule has 0 aliphatic carbocycles. The van der Waals surface area contributed by atoms with Crippen LogP contribution < -0.4 is 10.6 Å². The summed E-state index contributed by atoms with van der Waals surface area (Å²) in [6.07, 6.45) is 4.11. The largest absolute Gasteiger partial charge is 0.378 e. The molecule has 5 nitrogen and oxygen atoms in total. The number of anilines is 2. The van der Waals surface area contributed by atoms with E-state index in [1.54, 1.807) is 6.20 Å². The third-order valence-electron chi connectivity index (χ3n) is 3.36. The summed E-state index contributed by atoms with van der Waals surface area (Å²) >= 11 is 6.11. The highest BCUT2D eigenvalue weighted by Crippen LogP contribution is 2.25. The van der Waals surface area contributed by atoms with E-state index in [2.05, 4.69) is 27.5 Å². The average molecular weight is 285 g/mol. The zero-order valence-electron chi connectivity index (χ0n) is 11.4. The molecule has 1 aromatic heterocycles. The summed E-state index contributed by atoms with van der Waals surface area (Å²) < 4.78 is 5.68. The Bertz CT molecular complexity index is 416. The maximum atomic E-state index is 6.11. The molecule has 0 bridgehead atoms. The van der Waals surface area contributed by atoms with Crippen LogP contribution in [-0.2, 0) is 4.74 Å². The summed E-state index contributed by atoms with van der Waals surface area (Å²) in [7, 11) is 0. The summed E-state index contributed by atoms with van der Waals surface area (Å²) in [6.45, 7) is 6.64. The van der Waals surface area contributed by atoms with Gasteiger partial charge in [0.2, 0.25) is 5.95 Å². The number of aromatic nitrogens is 2. The van der Waals surface area contributed by atoms with Gasteiger partial charge in [-0.3, -0.25) is 0 Å². The van der Waals surface area contributed by atoms with Crippen molar-refractivity contribution >= 4 is 23.4 Å². The molecule has 106 valence electrons. The van der Waals surface area contributed by atoms with E-state index in [0.29, 0.717) is 28.8 Å². The molecular formula is C13H21ClN4O. The Labute approximate surface area is 119 Å². The Hall–Kier alpha value is -1.07. The van der Waals surface area contributed by atoms with Gasteiger partial charge in [-0.2, -0.15) is 4.98 Å². The Morgan fingerprint density at radius 3 is 3.00 bits per heavy atom. The van der Waals surface area contributed by atoms with Crippen LogP contribution in [0.3, 0.4) is 0 Å². The van der Waals surface area contributed by atoms with Crippen LogP contribution in [0.25, 0.3) is 0 Å². The number of halogens is 1. The normalized spacial score (nSPS) is 22.5. The van der Waals surface area contributed by atoms with E-state index in [4.69, 9.17) is 16.3 Å². The van der Waals surface area contributed by atoms with Gasteiger partial charge in [0.1, 0.15) is 10.8 Å². The van der Waals surface area contributed by atoms with Crippen molar-refractivity contribution in [2.45, 2.75) is 32.8 Å². The van der Waals surface area contributed by atoms with Gasteiger partial charge in [-0.05, 0) is 19.8 Å². The van der Waals surface area contributed by atoms with Crippen LogP contribution in [0, 0.1) is 5.92 Å². The fourth-order valence-corrected chi connectivity index (χ4v) is 2.50. The maximum absolute atomic E-state index is 6.11. The van der Waals surface area contributed by atoms with E-state index >= 15 is 0 Å². The van der Waals surface area contributed by atoms with Crippen molar-refractivity contribution in [2.75, 3.05) is 30.3 Å². The molecule has 0 aromatic carbocycles. The van der Waals surface area contributed by atoms with E-state index in [-0.39, 0.29) is 0 Å². The quantitative estimate of drug-likeness (QED) is 0.841. The van der Waals surface area contributed by atoms with Crippen molar-refractivity contribution in [3.05, 3.63) is 11.2 Å². The molecule has 2 rings (SSSR count). The third kappa shape index (κ3) is 3.70. The van der Waals surface area contributed by atoms with Crippen molar-refractivity contribution in [1.82, 2.24) is 9.97 Å². The van der Waals surface area contributed by atoms with Crippen LogP contribution in [0.5, 0.6) is 0 Å². The van der Waals surface area contributed by atoms with Gasteiger partial charge in [0.15, 0.2) is 0 Å². The molecule has 1 aromatic rings. The monoisotopic (exact) mass is 284 g/mol.